The third-order valence-electron chi connectivity index (χ3n) is 2.71. The van der Waals surface area contributed by atoms with Crippen molar-refractivity contribution in [1.29, 1.82) is 0 Å². The molecule has 0 unspecified atom stereocenters. The molecule has 2 rings (SSSR count). The van der Waals surface area contributed by atoms with Gasteiger partial charge < -0.3 is 10.6 Å². The van der Waals surface area contributed by atoms with E-state index >= 15 is 0 Å². The summed E-state index contributed by atoms with van der Waals surface area (Å²) in [4.78, 5) is 2.23. The van der Waals surface area contributed by atoms with Crippen LogP contribution >= 0.6 is 23.2 Å². The van der Waals surface area contributed by atoms with E-state index in [2.05, 4.69) is 4.90 Å². The first kappa shape index (κ1) is 11.1. The van der Waals surface area contributed by atoms with E-state index in [1.807, 2.05) is 12.1 Å². The summed E-state index contributed by atoms with van der Waals surface area (Å²) in [6.45, 7) is 1.90. The Morgan fingerprint density at radius 1 is 1.33 bits per heavy atom. The van der Waals surface area contributed by atoms with Gasteiger partial charge in [0, 0.05) is 24.2 Å². The number of nitrogens with two attached hydrogens (primary N) is 1. The molecule has 0 radical (unpaired) electrons. The van der Waals surface area contributed by atoms with E-state index in [0.717, 1.165) is 31.6 Å². The molecule has 15 heavy (non-hydrogen) atoms. The average molecular weight is 245 g/mol. The largest absolute Gasteiger partial charge is 0.369 e. The molecule has 2 N–H and O–H groups in total. The van der Waals surface area contributed by atoms with Crippen molar-refractivity contribution in [2.75, 3.05) is 18.0 Å². The van der Waals surface area contributed by atoms with Gasteiger partial charge in [-0.05, 0) is 31.0 Å². The van der Waals surface area contributed by atoms with Crippen LogP contribution in [0.3, 0.4) is 0 Å². The lowest BCUT2D eigenvalue weighted by atomic mass is 10.1. The van der Waals surface area contributed by atoms with Crippen molar-refractivity contribution in [2.24, 2.45) is 5.73 Å². The second-order valence-electron chi connectivity index (χ2n) is 3.94. The molecule has 0 aliphatic carbocycles. The van der Waals surface area contributed by atoms with Crippen LogP contribution in [0, 0.1) is 0 Å². The number of benzene rings is 1. The number of rotatable bonds is 1. The van der Waals surface area contributed by atoms with Gasteiger partial charge >= 0.3 is 0 Å². The monoisotopic (exact) mass is 244 g/mol. The minimum atomic E-state index is 0.255. The summed E-state index contributed by atoms with van der Waals surface area (Å²) < 4.78 is 0. The number of nitrogens with zero attached hydrogens (tertiary/aromatic N) is 1. The number of anilines is 1. The van der Waals surface area contributed by atoms with Crippen LogP contribution in [0.1, 0.15) is 12.8 Å². The Balaban J connectivity index is 2.21. The minimum absolute atomic E-state index is 0.255. The van der Waals surface area contributed by atoms with Crippen LogP contribution < -0.4 is 10.6 Å². The van der Waals surface area contributed by atoms with Crippen molar-refractivity contribution in [2.45, 2.75) is 18.9 Å². The van der Waals surface area contributed by atoms with Gasteiger partial charge in [0.25, 0.3) is 0 Å². The van der Waals surface area contributed by atoms with Crippen LogP contribution in [-0.4, -0.2) is 19.1 Å². The van der Waals surface area contributed by atoms with E-state index < -0.39 is 0 Å². The van der Waals surface area contributed by atoms with Crippen LogP contribution in [0.15, 0.2) is 18.2 Å². The van der Waals surface area contributed by atoms with Crippen molar-refractivity contribution < 1.29 is 0 Å². The van der Waals surface area contributed by atoms with Gasteiger partial charge in [0.1, 0.15) is 0 Å². The maximum absolute atomic E-state index is 6.14. The second-order valence-corrected chi connectivity index (χ2v) is 4.79. The maximum atomic E-state index is 6.14. The summed E-state index contributed by atoms with van der Waals surface area (Å²) >= 11 is 12.0. The molecule has 4 heteroatoms. The number of piperidine rings is 1. The summed E-state index contributed by atoms with van der Waals surface area (Å²) in [5, 5.41) is 1.38. The van der Waals surface area contributed by atoms with Crippen LogP contribution in [0.5, 0.6) is 0 Å². The topological polar surface area (TPSA) is 29.3 Å². The van der Waals surface area contributed by atoms with E-state index in [1.54, 1.807) is 6.07 Å². The Morgan fingerprint density at radius 2 is 2.13 bits per heavy atom. The molecule has 1 fully saturated rings. The van der Waals surface area contributed by atoms with Gasteiger partial charge in [-0.25, -0.2) is 0 Å². The van der Waals surface area contributed by atoms with Gasteiger partial charge in [-0.3, -0.25) is 0 Å². The third kappa shape index (κ3) is 2.57. The normalized spacial score (nSPS) is 21.8. The highest BCUT2D eigenvalue weighted by Gasteiger charge is 2.18. The molecule has 2 nitrogen and oxygen atoms in total. The van der Waals surface area contributed by atoms with Gasteiger partial charge in [-0.15, -0.1) is 0 Å². The van der Waals surface area contributed by atoms with E-state index in [-0.39, 0.29) is 6.04 Å². The molecule has 1 aliphatic rings. The summed E-state index contributed by atoms with van der Waals surface area (Å²) in [5.74, 6) is 0. The fraction of sp³-hybridized carbons (Fsp3) is 0.455. The molecule has 1 aliphatic heterocycles. The van der Waals surface area contributed by atoms with E-state index in [4.69, 9.17) is 28.9 Å². The molecule has 0 aromatic heterocycles. The molecule has 1 heterocycles. The Hall–Kier alpha value is -0.440. The summed E-state index contributed by atoms with van der Waals surface area (Å²) in [7, 11) is 0. The standard InChI is InChI=1S/C11H14Cl2N2/c12-8-3-4-11(10(13)6-8)15-5-1-2-9(14)7-15/h3-4,6,9H,1-2,5,7,14H2/t9-/m1/s1. The Labute approximate surface area is 100.0 Å². The molecule has 0 amide bonds. The smallest absolute Gasteiger partial charge is 0.0654 e. The molecule has 1 aromatic rings. The highest BCUT2D eigenvalue weighted by Crippen LogP contribution is 2.30. The number of hydrogen-bond donors (Lipinski definition) is 1. The quantitative estimate of drug-likeness (QED) is 0.824. The van der Waals surface area contributed by atoms with E-state index in [0.29, 0.717) is 10.0 Å². The molecular formula is C11H14Cl2N2. The molecule has 0 saturated carbocycles. The van der Waals surface area contributed by atoms with Crippen molar-refractivity contribution in [3.8, 4) is 0 Å². The molecule has 1 saturated heterocycles. The van der Waals surface area contributed by atoms with Crippen molar-refractivity contribution in [1.82, 2.24) is 0 Å². The molecule has 82 valence electrons. The minimum Gasteiger partial charge on any atom is -0.369 e. The number of halogens is 2. The lowest BCUT2D eigenvalue weighted by molar-refractivity contribution is 0.506. The fourth-order valence-electron chi connectivity index (χ4n) is 1.97. The van der Waals surface area contributed by atoms with Crippen LogP contribution in [-0.2, 0) is 0 Å². The predicted molar refractivity (Wildman–Crippen MR) is 65.9 cm³/mol. The number of hydrogen-bond acceptors (Lipinski definition) is 2. The zero-order valence-corrected chi connectivity index (χ0v) is 9.93. The Kier molecular flexibility index (Phi) is 3.39. The highest BCUT2D eigenvalue weighted by atomic mass is 35.5. The molecule has 0 bridgehead atoms. The Bertz CT molecular complexity index is 354. The summed E-state index contributed by atoms with van der Waals surface area (Å²) in [6, 6.07) is 5.86. The van der Waals surface area contributed by atoms with E-state index in [1.165, 1.54) is 0 Å². The van der Waals surface area contributed by atoms with Crippen LogP contribution in [0.2, 0.25) is 10.0 Å². The molecule has 1 atom stereocenters. The molecular weight excluding hydrogens is 231 g/mol. The van der Waals surface area contributed by atoms with Crippen molar-refractivity contribution in [3.05, 3.63) is 28.2 Å². The zero-order valence-electron chi connectivity index (χ0n) is 8.42. The Morgan fingerprint density at radius 3 is 2.80 bits per heavy atom. The summed E-state index contributed by atoms with van der Waals surface area (Å²) in [6.07, 6.45) is 2.22. The maximum Gasteiger partial charge on any atom is 0.0654 e. The fourth-order valence-corrected chi connectivity index (χ4v) is 2.49. The first-order chi connectivity index (χ1) is 7.16. The average Bonchev–Trinajstić information content (AvgIpc) is 2.17. The third-order valence-corrected chi connectivity index (χ3v) is 3.25. The summed E-state index contributed by atoms with van der Waals surface area (Å²) in [5.41, 5.74) is 6.97. The molecule has 0 spiro atoms. The van der Waals surface area contributed by atoms with Gasteiger partial charge in [-0.2, -0.15) is 0 Å². The lowest BCUT2D eigenvalue weighted by Crippen LogP contribution is -2.42. The zero-order chi connectivity index (χ0) is 10.8. The SMILES string of the molecule is N[C@@H]1CCCN(c2ccc(Cl)cc2Cl)C1. The molecule has 1 aromatic carbocycles. The van der Waals surface area contributed by atoms with Gasteiger partial charge in [-0.1, -0.05) is 23.2 Å². The van der Waals surface area contributed by atoms with Gasteiger partial charge in [0.15, 0.2) is 0 Å². The van der Waals surface area contributed by atoms with Gasteiger partial charge in [0.05, 0.1) is 10.7 Å². The predicted octanol–water partition coefficient (Wildman–Crippen LogP) is 2.92. The second kappa shape index (κ2) is 4.60. The van der Waals surface area contributed by atoms with Crippen molar-refractivity contribution >= 4 is 28.9 Å². The first-order valence-corrected chi connectivity index (χ1v) is 5.88. The van der Waals surface area contributed by atoms with Crippen LogP contribution in [0.4, 0.5) is 5.69 Å². The highest BCUT2D eigenvalue weighted by molar-refractivity contribution is 6.36. The first-order valence-electron chi connectivity index (χ1n) is 5.12. The van der Waals surface area contributed by atoms with Gasteiger partial charge in [0.2, 0.25) is 0 Å². The lowest BCUT2D eigenvalue weighted by Gasteiger charge is -2.33. The van der Waals surface area contributed by atoms with E-state index in [9.17, 15) is 0 Å². The van der Waals surface area contributed by atoms with Crippen LogP contribution in [0.25, 0.3) is 0 Å². The van der Waals surface area contributed by atoms with Crippen molar-refractivity contribution in [3.63, 3.8) is 0 Å².